The Morgan fingerprint density at radius 3 is 2.38 bits per heavy atom. The van der Waals surface area contributed by atoms with Crippen LogP contribution in [0.3, 0.4) is 0 Å². The lowest BCUT2D eigenvalue weighted by molar-refractivity contribution is 0.409. The van der Waals surface area contributed by atoms with Gasteiger partial charge in [0.2, 0.25) is 5.95 Å². The zero-order valence-corrected chi connectivity index (χ0v) is 14.0. The molecule has 0 radical (unpaired) electrons. The van der Waals surface area contributed by atoms with Crippen LogP contribution in [0.4, 0.5) is 5.95 Å². The van der Waals surface area contributed by atoms with Crippen LogP contribution in [0.1, 0.15) is 23.8 Å². The van der Waals surface area contributed by atoms with Crippen molar-refractivity contribution >= 4 is 11.7 Å². The van der Waals surface area contributed by atoms with Crippen molar-refractivity contribution in [3.63, 3.8) is 0 Å². The van der Waals surface area contributed by atoms with Crippen LogP contribution in [0.15, 0.2) is 88.7 Å². The highest BCUT2D eigenvalue weighted by molar-refractivity contribution is 6.03. The van der Waals surface area contributed by atoms with Crippen molar-refractivity contribution in [3.8, 4) is 11.1 Å². The van der Waals surface area contributed by atoms with Crippen molar-refractivity contribution in [2.24, 2.45) is 4.99 Å². The summed E-state index contributed by atoms with van der Waals surface area (Å²) in [5.41, 5.74) is 4.48. The lowest BCUT2D eigenvalue weighted by atomic mass is 9.97. The van der Waals surface area contributed by atoms with Gasteiger partial charge in [0.1, 0.15) is 18.1 Å². The maximum Gasteiger partial charge on any atom is 0.248 e. The third-order valence-corrected chi connectivity index (χ3v) is 4.67. The number of aliphatic imine (C=N–C) groups is 1. The number of nitrogens with zero attached hydrogens (tertiary/aromatic N) is 4. The van der Waals surface area contributed by atoms with E-state index < -0.39 is 0 Å². The highest BCUT2D eigenvalue weighted by Crippen LogP contribution is 2.32. The summed E-state index contributed by atoms with van der Waals surface area (Å²) in [7, 11) is 0. The van der Waals surface area contributed by atoms with Gasteiger partial charge in [-0.15, -0.1) is 0 Å². The van der Waals surface area contributed by atoms with Gasteiger partial charge in [-0.2, -0.15) is 10.1 Å². The van der Waals surface area contributed by atoms with Crippen molar-refractivity contribution in [1.82, 2.24) is 14.8 Å². The molecule has 0 spiro atoms. The van der Waals surface area contributed by atoms with E-state index in [2.05, 4.69) is 58.6 Å². The molecular weight excluding hydrogens is 324 g/mol. The Morgan fingerprint density at radius 1 is 0.846 bits per heavy atom. The Kier molecular flexibility index (Phi) is 3.49. The predicted molar refractivity (Wildman–Crippen MR) is 99.6 cm³/mol. The fraction of sp³-hybridized carbons (Fsp3) is 0.0952. The number of fused-ring (bicyclic) bond motifs is 1. The Hall–Kier alpha value is -3.47. The molecule has 0 aliphatic carbocycles. The number of aromatic nitrogens is 3. The fourth-order valence-electron chi connectivity index (χ4n) is 3.35. The van der Waals surface area contributed by atoms with Crippen LogP contribution in [0.2, 0.25) is 0 Å². The standard InChI is InChI=1S/C21H16N4O/c1-2-5-15(6-3-1)16-8-10-17(11-9-16)18-13-19(20-7-4-12-26-20)25-21(24-18)22-14-23-25/h1-12,14,19H,13H2. The second-order valence-corrected chi connectivity index (χ2v) is 6.24. The van der Waals surface area contributed by atoms with E-state index in [4.69, 9.17) is 9.41 Å². The monoisotopic (exact) mass is 340 g/mol. The largest absolute Gasteiger partial charge is 0.467 e. The third-order valence-electron chi connectivity index (χ3n) is 4.67. The van der Waals surface area contributed by atoms with Crippen molar-refractivity contribution < 1.29 is 4.42 Å². The molecule has 1 atom stereocenters. The lowest BCUT2D eigenvalue weighted by Gasteiger charge is -2.21. The minimum Gasteiger partial charge on any atom is -0.467 e. The van der Waals surface area contributed by atoms with E-state index in [-0.39, 0.29) is 6.04 Å². The van der Waals surface area contributed by atoms with E-state index in [1.165, 1.54) is 17.5 Å². The summed E-state index contributed by atoms with van der Waals surface area (Å²) in [5, 5.41) is 4.31. The van der Waals surface area contributed by atoms with Gasteiger partial charge in [-0.05, 0) is 28.8 Å². The molecule has 2 aromatic heterocycles. The number of hydrogen-bond acceptors (Lipinski definition) is 4. The van der Waals surface area contributed by atoms with E-state index in [0.29, 0.717) is 12.4 Å². The highest BCUT2D eigenvalue weighted by Gasteiger charge is 2.27. The van der Waals surface area contributed by atoms with Gasteiger partial charge in [-0.3, -0.25) is 0 Å². The second-order valence-electron chi connectivity index (χ2n) is 6.24. The number of hydrogen-bond donors (Lipinski definition) is 0. The Bertz CT molecular complexity index is 1050. The molecule has 3 heterocycles. The van der Waals surface area contributed by atoms with E-state index in [1.807, 2.05) is 22.9 Å². The molecule has 1 unspecified atom stereocenters. The first-order chi connectivity index (χ1) is 12.9. The van der Waals surface area contributed by atoms with Gasteiger partial charge >= 0.3 is 0 Å². The van der Waals surface area contributed by atoms with E-state index in [0.717, 1.165) is 17.0 Å². The molecule has 0 bridgehead atoms. The normalized spacial score (nSPS) is 16.2. The first-order valence-corrected chi connectivity index (χ1v) is 8.55. The van der Waals surface area contributed by atoms with Crippen LogP contribution < -0.4 is 0 Å². The summed E-state index contributed by atoms with van der Waals surface area (Å²) in [6.07, 6.45) is 3.94. The zero-order valence-electron chi connectivity index (χ0n) is 14.0. The molecule has 5 heteroatoms. The van der Waals surface area contributed by atoms with Crippen LogP contribution >= 0.6 is 0 Å². The Balaban J connectivity index is 1.50. The maximum absolute atomic E-state index is 5.62. The Morgan fingerprint density at radius 2 is 1.62 bits per heavy atom. The van der Waals surface area contributed by atoms with Crippen LogP contribution in [-0.2, 0) is 0 Å². The van der Waals surface area contributed by atoms with Gasteiger partial charge in [-0.1, -0.05) is 54.6 Å². The van der Waals surface area contributed by atoms with Crippen LogP contribution in [0, 0.1) is 0 Å². The molecule has 0 saturated heterocycles. The molecule has 4 aromatic rings. The van der Waals surface area contributed by atoms with Gasteiger partial charge in [0, 0.05) is 6.42 Å². The molecular formula is C21H16N4O. The molecule has 126 valence electrons. The van der Waals surface area contributed by atoms with E-state index in [1.54, 1.807) is 6.26 Å². The fourth-order valence-corrected chi connectivity index (χ4v) is 3.35. The van der Waals surface area contributed by atoms with Crippen LogP contribution in [0.25, 0.3) is 11.1 Å². The van der Waals surface area contributed by atoms with Crippen LogP contribution in [0.5, 0.6) is 0 Å². The summed E-state index contributed by atoms with van der Waals surface area (Å²) >= 11 is 0. The molecule has 5 rings (SSSR count). The molecule has 1 aliphatic rings. The van der Waals surface area contributed by atoms with Gasteiger partial charge in [0.25, 0.3) is 0 Å². The van der Waals surface area contributed by atoms with Gasteiger partial charge in [0.15, 0.2) is 0 Å². The highest BCUT2D eigenvalue weighted by atomic mass is 16.3. The minimum atomic E-state index is -0.0243. The second kappa shape index (κ2) is 6.11. The van der Waals surface area contributed by atoms with Gasteiger partial charge in [0.05, 0.1) is 12.0 Å². The van der Waals surface area contributed by atoms with E-state index >= 15 is 0 Å². The zero-order chi connectivity index (χ0) is 17.3. The van der Waals surface area contributed by atoms with Gasteiger partial charge < -0.3 is 4.42 Å². The number of rotatable bonds is 3. The maximum atomic E-state index is 5.62. The molecule has 1 aliphatic heterocycles. The average molecular weight is 340 g/mol. The molecule has 0 fully saturated rings. The van der Waals surface area contributed by atoms with Crippen molar-refractivity contribution in [2.45, 2.75) is 12.5 Å². The minimum absolute atomic E-state index is 0.0243. The lowest BCUT2D eigenvalue weighted by Crippen LogP contribution is -2.20. The topological polar surface area (TPSA) is 56.2 Å². The summed E-state index contributed by atoms with van der Waals surface area (Å²) in [5.74, 6) is 1.48. The predicted octanol–water partition coefficient (Wildman–Crippen LogP) is 4.65. The first-order valence-electron chi connectivity index (χ1n) is 8.55. The smallest absolute Gasteiger partial charge is 0.248 e. The molecule has 0 N–H and O–H groups in total. The summed E-state index contributed by atoms with van der Waals surface area (Å²) in [4.78, 5) is 8.98. The molecule has 2 aromatic carbocycles. The van der Waals surface area contributed by atoms with Crippen LogP contribution in [-0.4, -0.2) is 20.5 Å². The van der Waals surface area contributed by atoms with Crippen molar-refractivity contribution in [2.75, 3.05) is 0 Å². The number of benzene rings is 2. The SMILES string of the molecule is c1ccc(-c2ccc(C3=Nc4ncnn4C(c4ccco4)C3)cc2)cc1. The quantitative estimate of drug-likeness (QED) is 0.545. The van der Waals surface area contributed by atoms with E-state index in [9.17, 15) is 0 Å². The number of furan rings is 1. The Labute approximate surface area is 150 Å². The van der Waals surface area contributed by atoms with Gasteiger partial charge in [-0.25, -0.2) is 9.67 Å². The third kappa shape index (κ3) is 2.54. The summed E-state index contributed by atoms with van der Waals surface area (Å²) in [6, 6.07) is 22.7. The average Bonchev–Trinajstić information content (AvgIpc) is 3.40. The molecule has 0 saturated carbocycles. The van der Waals surface area contributed by atoms with Crippen molar-refractivity contribution in [3.05, 3.63) is 90.6 Å². The molecule has 5 nitrogen and oxygen atoms in total. The summed E-state index contributed by atoms with van der Waals surface area (Å²) < 4.78 is 7.44. The molecule has 0 amide bonds. The molecule has 26 heavy (non-hydrogen) atoms. The summed E-state index contributed by atoms with van der Waals surface area (Å²) in [6.45, 7) is 0. The first kappa shape index (κ1) is 14.8. The van der Waals surface area contributed by atoms with Crippen molar-refractivity contribution in [1.29, 1.82) is 0 Å².